The minimum atomic E-state index is -0.402. The maximum Gasteiger partial charge on any atom is 0.223 e. The Morgan fingerprint density at radius 1 is 1.00 bits per heavy atom. The van der Waals surface area contributed by atoms with Crippen LogP contribution in [0.25, 0.3) is 16.9 Å². The molecular formula is C16H12N2O2. The molecule has 2 aromatic heterocycles. The molecular weight excluding hydrogens is 252 g/mol. The maximum atomic E-state index is 11.2. The zero-order valence-corrected chi connectivity index (χ0v) is 10.6. The summed E-state index contributed by atoms with van der Waals surface area (Å²) in [4.78, 5) is 15.5. The molecule has 1 N–H and O–H groups in total. The number of pyridine rings is 2. The number of hydrogen-bond acceptors (Lipinski definition) is 3. The predicted molar refractivity (Wildman–Crippen MR) is 76.9 cm³/mol. The molecule has 0 amide bonds. The van der Waals surface area contributed by atoms with Crippen LogP contribution in [0, 0.1) is 0 Å². The summed E-state index contributed by atoms with van der Waals surface area (Å²) in [6.07, 6.45) is 4.64. The third-order valence-corrected chi connectivity index (χ3v) is 3.02. The molecule has 98 valence electrons. The number of hydrogen-bond donors (Lipinski definition) is 1. The van der Waals surface area contributed by atoms with E-state index < -0.39 is 5.43 Å². The minimum absolute atomic E-state index is 0.292. The summed E-state index contributed by atoms with van der Waals surface area (Å²) in [5, 5.41) is 9.49. The van der Waals surface area contributed by atoms with E-state index in [1.165, 1.54) is 12.3 Å². The summed E-state index contributed by atoms with van der Waals surface area (Å²) in [5.41, 5.74) is 1.70. The topological polar surface area (TPSA) is 55.1 Å². The normalized spacial score (nSPS) is 10.4. The first-order valence-corrected chi connectivity index (χ1v) is 6.17. The van der Waals surface area contributed by atoms with Crippen molar-refractivity contribution in [2.75, 3.05) is 0 Å². The summed E-state index contributed by atoms with van der Waals surface area (Å²) < 4.78 is 1.61. The van der Waals surface area contributed by atoms with Gasteiger partial charge in [-0.3, -0.25) is 4.79 Å². The van der Waals surface area contributed by atoms with Crippen LogP contribution in [-0.4, -0.2) is 14.7 Å². The predicted octanol–water partition coefficient (Wildman–Crippen LogP) is 2.61. The second-order valence-corrected chi connectivity index (χ2v) is 4.37. The Balaban J connectivity index is 2.07. The Morgan fingerprint density at radius 2 is 1.80 bits per heavy atom. The Hall–Kier alpha value is -2.88. The number of benzene rings is 1. The standard InChI is InChI=1S/C16H12N2O2/c19-14-7-9-18(11-15(14)20)16-10-13(6-8-17-16)12-4-2-1-3-5-12/h1-11,20H. The zero-order valence-electron chi connectivity index (χ0n) is 10.6. The molecule has 4 heteroatoms. The molecule has 20 heavy (non-hydrogen) atoms. The molecule has 2 heterocycles. The van der Waals surface area contributed by atoms with Crippen molar-refractivity contribution in [3.05, 3.63) is 77.3 Å². The van der Waals surface area contributed by atoms with Crippen LogP contribution in [0.2, 0.25) is 0 Å². The molecule has 0 saturated carbocycles. The average molecular weight is 264 g/mol. The van der Waals surface area contributed by atoms with Crippen LogP contribution in [0.4, 0.5) is 0 Å². The van der Waals surface area contributed by atoms with Gasteiger partial charge in [-0.2, -0.15) is 0 Å². The minimum Gasteiger partial charge on any atom is -0.503 e. The van der Waals surface area contributed by atoms with E-state index in [1.807, 2.05) is 42.5 Å². The molecule has 0 unspecified atom stereocenters. The van der Waals surface area contributed by atoms with Crippen molar-refractivity contribution in [3.63, 3.8) is 0 Å². The van der Waals surface area contributed by atoms with E-state index in [0.29, 0.717) is 5.82 Å². The van der Waals surface area contributed by atoms with Crippen LogP contribution in [0.1, 0.15) is 0 Å². The lowest BCUT2D eigenvalue weighted by atomic mass is 10.1. The van der Waals surface area contributed by atoms with Crippen LogP contribution >= 0.6 is 0 Å². The first-order chi connectivity index (χ1) is 9.74. The highest BCUT2D eigenvalue weighted by Gasteiger charge is 2.03. The second-order valence-electron chi connectivity index (χ2n) is 4.37. The molecule has 0 atom stereocenters. The fourth-order valence-corrected chi connectivity index (χ4v) is 1.98. The number of aromatic nitrogens is 2. The third-order valence-electron chi connectivity index (χ3n) is 3.02. The SMILES string of the molecule is O=c1ccn(-c2cc(-c3ccccc3)ccn2)cc1O. The highest BCUT2D eigenvalue weighted by molar-refractivity contribution is 5.64. The first-order valence-electron chi connectivity index (χ1n) is 6.17. The maximum absolute atomic E-state index is 11.2. The Bertz CT molecular complexity index is 795. The fourth-order valence-electron chi connectivity index (χ4n) is 1.98. The van der Waals surface area contributed by atoms with Crippen molar-refractivity contribution in [1.29, 1.82) is 0 Å². The largest absolute Gasteiger partial charge is 0.503 e. The molecule has 0 saturated heterocycles. The van der Waals surface area contributed by atoms with Gasteiger partial charge in [-0.15, -0.1) is 0 Å². The summed E-state index contributed by atoms with van der Waals surface area (Å²) in [6, 6.07) is 15.1. The molecule has 0 spiro atoms. The van der Waals surface area contributed by atoms with Gasteiger partial charge in [0, 0.05) is 18.5 Å². The lowest BCUT2D eigenvalue weighted by Crippen LogP contribution is -2.04. The van der Waals surface area contributed by atoms with E-state index in [-0.39, 0.29) is 5.75 Å². The molecule has 0 fully saturated rings. The molecule has 0 aliphatic carbocycles. The van der Waals surface area contributed by atoms with Gasteiger partial charge >= 0.3 is 0 Å². The van der Waals surface area contributed by atoms with Gasteiger partial charge < -0.3 is 9.67 Å². The van der Waals surface area contributed by atoms with Gasteiger partial charge in [0.25, 0.3) is 0 Å². The monoisotopic (exact) mass is 264 g/mol. The number of nitrogens with zero attached hydrogens (tertiary/aromatic N) is 2. The smallest absolute Gasteiger partial charge is 0.223 e. The fraction of sp³-hybridized carbons (Fsp3) is 0. The van der Waals surface area contributed by atoms with Gasteiger partial charge in [-0.25, -0.2) is 4.98 Å². The molecule has 3 rings (SSSR count). The van der Waals surface area contributed by atoms with Gasteiger partial charge in [0.1, 0.15) is 5.82 Å². The van der Waals surface area contributed by atoms with Crippen molar-refractivity contribution in [2.45, 2.75) is 0 Å². The highest BCUT2D eigenvalue weighted by atomic mass is 16.3. The van der Waals surface area contributed by atoms with Gasteiger partial charge in [0.2, 0.25) is 5.43 Å². The van der Waals surface area contributed by atoms with Gasteiger partial charge in [-0.05, 0) is 23.3 Å². The number of rotatable bonds is 2. The van der Waals surface area contributed by atoms with Crippen molar-refractivity contribution >= 4 is 0 Å². The van der Waals surface area contributed by atoms with Crippen LogP contribution in [-0.2, 0) is 0 Å². The zero-order chi connectivity index (χ0) is 13.9. The van der Waals surface area contributed by atoms with Gasteiger partial charge in [-0.1, -0.05) is 30.3 Å². The van der Waals surface area contributed by atoms with Crippen LogP contribution in [0.5, 0.6) is 5.75 Å². The summed E-state index contributed by atoms with van der Waals surface area (Å²) in [7, 11) is 0. The van der Waals surface area contributed by atoms with E-state index in [0.717, 1.165) is 11.1 Å². The van der Waals surface area contributed by atoms with Gasteiger partial charge in [0.15, 0.2) is 5.75 Å². The molecule has 0 radical (unpaired) electrons. The molecule has 1 aromatic carbocycles. The lowest BCUT2D eigenvalue weighted by molar-refractivity contribution is 0.465. The van der Waals surface area contributed by atoms with E-state index in [9.17, 15) is 9.90 Å². The van der Waals surface area contributed by atoms with E-state index in [4.69, 9.17) is 0 Å². The highest BCUT2D eigenvalue weighted by Crippen LogP contribution is 2.20. The van der Waals surface area contributed by atoms with Crippen LogP contribution < -0.4 is 5.43 Å². The van der Waals surface area contributed by atoms with Crippen molar-refractivity contribution < 1.29 is 5.11 Å². The van der Waals surface area contributed by atoms with Crippen molar-refractivity contribution in [3.8, 4) is 22.7 Å². The average Bonchev–Trinajstić information content (AvgIpc) is 2.51. The molecule has 4 nitrogen and oxygen atoms in total. The van der Waals surface area contributed by atoms with E-state index in [1.54, 1.807) is 17.0 Å². The van der Waals surface area contributed by atoms with Gasteiger partial charge in [0.05, 0.1) is 6.20 Å². The molecule has 0 bridgehead atoms. The van der Waals surface area contributed by atoms with E-state index >= 15 is 0 Å². The Morgan fingerprint density at radius 3 is 2.55 bits per heavy atom. The van der Waals surface area contributed by atoms with Crippen LogP contribution in [0.3, 0.4) is 0 Å². The van der Waals surface area contributed by atoms with E-state index in [2.05, 4.69) is 4.98 Å². The molecule has 3 aromatic rings. The van der Waals surface area contributed by atoms with Crippen molar-refractivity contribution in [2.24, 2.45) is 0 Å². The summed E-state index contributed by atoms with van der Waals surface area (Å²) >= 11 is 0. The third kappa shape index (κ3) is 2.31. The lowest BCUT2D eigenvalue weighted by Gasteiger charge is -2.08. The Labute approximate surface area is 115 Å². The molecule has 0 aliphatic rings. The van der Waals surface area contributed by atoms with Crippen LogP contribution in [0.15, 0.2) is 71.9 Å². The summed E-state index contributed by atoms with van der Waals surface area (Å²) in [5.74, 6) is 0.348. The molecule has 0 aliphatic heterocycles. The second kappa shape index (κ2) is 5.01. The quantitative estimate of drug-likeness (QED) is 0.774. The summed E-state index contributed by atoms with van der Waals surface area (Å²) in [6.45, 7) is 0. The van der Waals surface area contributed by atoms with Crippen molar-refractivity contribution in [1.82, 2.24) is 9.55 Å². The number of aromatic hydroxyl groups is 1. The Kier molecular flexibility index (Phi) is 3.05. The first kappa shape index (κ1) is 12.2.